The van der Waals surface area contributed by atoms with Crippen molar-refractivity contribution < 1.29 is 42.8 Å². The average Bonchev–Trinajstić information content (AvgIpc) is 3.94. The molecule has 296 valence electrons. The number of fused-ring (bicyclic) bond motifs is 3. The highest BCUT2D eigenvalue weighted by molar-refractivity contribution is 5.95. The van der Waals surface area contributed by atoms with Gasteiger partial charge in [-0.1, -0.05) is 41.1 Å². The van der Waals surface area contributed by atoms with Crippen LogP contribution in [0.3, 0.4) is 0 Å². The Morgan fingerprint density at radius 2 is 1.54 bits per heavy atom. The maximum atomic E-state index is 13.4. The third-order valence-corrected chi connectivity index (χ3v) is 9.17. The molecule has 6 amide bonds. The number of carbonyl (C=O) groups is 7. The standard InChI is InChI=1S/C22H32N4O6.C7H8.C5H6N2O2.C3H8N2O/c1-14-20(29)26-12-5-8-17(26)22(31)32-13-9-18(27)24-11-4-7-16(24)21(30)25-10-3-2-6-15(25)19(28)23-14;1-7-5-3-2-4-6-7;1-4-2-5(6-3-8)7-9-4;1-5-2-3(4)6/h14-17H,2-13H2,1H3,(H,23,28);2-6H,1H3;2-3H,1H3,(H,6,7,8);5H,2H2,1H3,(H2,4,6). The lowest BCUT2D eigenvalue weighted by Gasteiger charge is -2.38. The molecule has 54 heavy (non-hydrogen) atoms. The van der Waals surface area contributed by atoms with Crippen LogP contribution in [0.5, 0.6) is 0 Å². The van der Waals surface area contributed by atoms with Crippen LogP contribution in [0.1, 0.15) is 69.6 Å². The third kappa shape index (κ3) is 13.0. The summed E-state index contributed by atoms with van der Waals surface area (Å²) in [7, 11) is 1.67. The molecule has 5 N–H and O–H groups in total. The monoisotopic (exact) mass is 754 g/mol. The summed E-state index contributed by atoms with van der Waals surface area (Å²) in [4.78, 5) is 89.1. The van der Waals surface area contributed by atoms with Crippen molar-refractivity contribution in [1.82, 2.24) is 30.5 Å². The number of cyclic esters (lactones) is 1. The van der Waals surface area contributed by atoms with Gasteiger partial charge in [0.2, 0.25) is 35.9 Å². The molecule has 0 aliphatic carbocycles. The summed E-state index contributed by atoms with van der Waals surface area (Å²) >= 11 is 0. The molecule has 0 saturated carbocycles. The Morgan fingerprint density at radius 3 is 2.11 bits per heavy atom. The van der Waals surface area contributed by atoms with Crippen LogP contribution in [-0.2, 0) is 38.3 Å². The molecule has 4 aliphatic heterocycles. The van der Waals surface area contributed by atoms with Crippen molar-refractivity contribution >= 4 is 47.7 Å². The number of aryl methyl sites for hydroxylation is 2. The zero-order valence-corrected chi connectivity index (χ0v) is 31.6. The molecule has 0 bridgehead atoms. The van der Waals surface area contributed by atoms with Gasteiger partial charge >= 0.3 is 5.97 Å². The zero-order valence-electron chi connectivity index (χ0n) is 31.6. The second-order valence-electron chi connectivity index (χ2n) is 13.4. The average molecular weight is 755 g/mol. The Hall–Kier alpha value is -5.32. The SMILES string of the molecule is CC1NC(=O)C2CCCCN2C(=O)C2CCCN2C(=O)CCOC(=O)C2CCCN2C1=O.CNCC(N)=O.Cc1cc(NC=O)no1.Cc1ccccc1. The molecule has 2 aromatic rings. The molecule has 4 atom stereocenters. The maximum Gasteiger partial charge on any atom is 0.328 e. The lowest BCUT2D eigenvalue weighted by molar-refractivity contribution is -0.156. The highest BCUT2D eigenvalue weighted by Gasteiger charge is 2.43. The van der Waals surface area contributed by atoms with Crippen LogP contribution < -0.4 is 21.7 Å². The van der Waals surface area contributed by atoms with Gasteiger partial charge in [-0.2, -0.15) is 0 Å². The van der Waals surface area contributed by atoms with Gasteiger partial charge < -0.3 is 45.6 Å². The number of hydrogen-bond donors (Lipinski definition) is 4. The highest BCUT2D eigenvalue weighted by atomic mass is 16.5. The van der Waals surface area contributed by atoms with Gasteiger partial charge in [-0.05, 0) is 72.8 Å². The summed E-state index contributed by atoms with van der Waals surface area (Å²) < 4.78 is 9.98. The van der Waals surface area contributed by atoms with Crippen LogP contribution in [0, 0.1) is 13.8 Å². The first-order chi connectivity index (χ1) is 25.9. The maximum absolute atomic E-state index is 13.4. The van der Waals surface area contributed by atoms with Gasteiger partial charge in [-0.15, -0.1) is 0 Å². The van der Waals surface area contributed by atoms with Crippen LogP contribution in [0.4, 0.5) is 5.82 Å². The van der Waals surface area contributed by atoms with E-state index < -0.39 is 30.1 Å². The topological polar surface area (TPSA) is 227 Å². The minimum absolute atomic E-state index is 0.00347. The van der Waals surface area contributed by atoms with E-state index in [0.717, 1.165) is 19.3 Å². The van der Waals surface area contributed by atoms with E-state index in [9.17, 15) is 33.6 Å². The molecule has 6 rings (SSSR count). The van der Waals surface area contributed by atoms with E-state index in [2.05, 4.69) is 44.7 Å². The van der Waals surface area contributed by atoms with Crippen molar-refractivity contribution in [3.63, 3.8) is 0 Å². The Balaban J connectivity index is 0.000000286. The lowest BCUT2D eigenvalue weighted by Crippen LogP contribution is -2.59. The molecule has 0 radical (unpaired) electrons. The van der Waals surface area contributed by atoms with Crippen molar-refractivity contribution in [2.24, 2.45) is 5.73 Å². The number of benzene rings is 1. The molecule has 1 aromatic carbocycles. The Morgan fingerprint density at radius 1 is 0.907 bits per heavy atom. The summed E-state index contributed by atoms with van der Waals surface area (Å²) in [5.41, 5.74) is 6.02. The molecule has 4 unspecified atom stereocenters. The largest absolute Gasteiger partial charge is 0.464 e. The number of esters is 1. The Kier molecular flexibility index (Phi) is 17.6. The zero-order chi connectivity index (χ0) is 39.6. The first kappa shape index (κ1) is 43.1. The van der Waals surface area contributed by atoms with Gasteiger partial charge in [0.05, 0.1) is 13.0 Å². The second kappa shape index (κ2) is 22.0. The number of anilines is 1. The number of likely N-dealkylation sites (N-methyl/N-ethyl adjacent to an activating group) is 1. The van der Waals surface area contributed by atoms with E-state index >= 15 is 0 Å². The summed E-state index contributed by atoms with van der Waals surface area (Å²) in [6, 6.07) is 9.14. The molecule has 4 aliphatic rings. The van der Waals surface area contributed by atoms with Gasteiger partial charge in [0.15, 0.2) is 5.82 Å². The summed E-state index contributed by atoms with van der Waals surface area (Å²) in [5.74, 6) is -0.858. The number of primary amides is 1. The Labute approximate surface area is 315 Å². The minimum atomic E-state index is -0.813. The van der Waals surface area contributed by atoms with Crippen molar-refractivity contribution in [2.45, 2.75) is 96.3 Å². The number of nitrogens with zero attached hydrogens (tertiary/aromatic N) is 4. The van der Waals surface area contributed by atoms with E-state index in [1.807, 2.05) is 18.2 Å². The summed E-state index contributed by atoms with van der Waals surface area (Å²) in [5, 5.41) is 11.2. The minimum Gasteiger partial charge on any atom is -0.464 e. The number of carbonyl (C=O) groups excluding carboxylic acids is 7. The van der Waals surface area contributed by atoms with Gasteiger partial charge in [0.1, 0.15) is 36.5 Å². The number of hydrogen-bond acceptors (Lipinski definition) is 11. The Bertz CT molecular complexity index is 1570. The van der Waals surface area contributed by atoms with Gasteiger partial charge in [0, 0.05) is 25.7 Å². The second-order valence-corrected chi connectivity index (χ2v) is 13.4. The fourth-order valence-corrected chi connectivity index (χ4v) is 6.56. The van der Waals surface area contributed by atoms with Crippen LogP contribution in [-0.4, -0.2) is 126 Å². The fourth-order valence-electron chi connectivity index (χ4n) is 6.56. The first-order valence-corrected chi connectivity index (χ1v) is 18.3. The lowest BCUT2D eigenvalue weighted by atomic mass is 9.99. The van der Waals surface area contributed by atoms with Crippen LogP contribution in [0.2, 0.25) is 0 Å². The van der Waals surface area contributed by atoms with E-state index in [1.165, 1.54) is 10.5 Å². The summed E-state index contributed by atoms with van der Waals surface area (Å²) in [6.07, 6.45) is 5.14. The number of nitrogens with one attached hydrogen (secondary N) is 3. The summed E-state index contributed by atoms with van der Waals surface area (Å²) in [6.45, 7) is 6.99. The fraction of sp³-hybridized carbons (Fsp3) is 0.568. The molecular formula is C37H54N8O9. The number of piperidine rings is 1. The van der Waals surface area contributed by atoms with E-state index in [1.54, 1.807) is 36.8 Å². The molecule has 17 heteroatoms. The number of nitrogens with two attached hydrogens (primary N) is 1. The van der Waals surface area contributed by atoms with Crippen LogP contribution >= 0.6 is 0 Å². The molecule has 1 aromatic heterocycles. The van der Waals surface area contributed by atoms with Gasteiger partial charge in [0.25, 0.3) is 0 Å². The van der Waals surface area contributed by atoms with Gasteiger partial charge in [-0.25, -0.2) is 4.79 Å². The molecule has 4 fully saturated rings. The predicted molar refractivity (Wildman–Crippen MR) is 197 cm³/mol. The van der Waals surface area contributed by atoms with Crippen LogP contribution in [0.15, 0.2) is 40.9 Å². The molecular weight excluding hydrogens is 700 g/mol. The van der Waals surface area contributed by atoms with Crippen molar-refractivity contribution in [1.29, 1.82) is 0 Å². The van der Waals surface area contributed by atoms with Crippen LogP contribution in [0.25, 0.3) is 0 Å². The van der Waals surface area contributed by atoms with Crippen molar-refractivity contribution in [2.75, 3.05) is 45.2 Å². The molecule has 4 saturated heterocycles. The first-order valence-electron chi connectivity index (χ1n) is 18.3. The molecule has 0 spiro atoms. The van der Waals surface area contributed by atoms with E-state index in [-0.39, 0.29) is 49.1 Å². The van der Waals surface area contributed by atoms with Crippen molar-refractivity contribution in [3.8, 4) is 0 Å². The molecule has 5 heterocycles. The van der Waals surface area contributed by atoms with E-state index in [0.29, 0.717) is 63.3 Å². The number of aromatic nitrogens is 1. The quantitative estimate of drug-likeness (QED) is 0.255. The molecule has 17 nitrogen and oxygen atoms in total. The predicted octanol–water partition coefficient (Wildman–Crippen LogP) is 1.04. The number of rotatable bonds is 4. The van der Waals surface area contributed by atoms with Gasteiger partial charge in [-0.3, -0.25) is 28.8 Å². The highest BCUT2D eigenvalue weighted by Crippen LogP contribution is 2.26. The van der Waals surface area contributed by atoms with Crippen molar-refractivity contribution in [3.05, 3.63) is 47.7 Å². The smallest absolute Gasteiger partial charge is 0.328 e. The number of amides is 6. The van der Waals surface area contributed by atoms with E-state index in [4.69, 9.17) is 10.5 Å². The third-order valence-electron chi connectivity index (χ3n) is 9.17. The normalized spacial score (nSPS) is 23.0. The number of ether oxygens (including phenoxy) is 1.